The molecule has 200 valence electrons. The van der Waals surface area contributed by atoms with Gasteiger partial charge >= 0.3 is 0 Å². The summed E-state index contributed by atoms with van der Waals surface area (Å²) in [7, 11) is 0. The quantitative estimate of drug-likeness (QED) is 0.154. The van der Waals surface area contributed by atoms with Crippen molar-refractivity contribution in [3.05, 3.63) is 111 Å². The molecule has 5 heteroatoms. The van der Waals surface area contributed by atoms with E-state index in [0.717, 1.165) is 29.4 Å². The number of rotatable bonds is 13. The van der Waals surface area contributed by atoms with Crippen LogP contribution in [-0.2, 0) is 25.7 Å². The van der Waals surface area contributed by atoms with Gasteiger partial charge in [-0.25, -0.2) is 13.2 Å². The summed E-state index contributed by atoms with van der Waals surface area (Å²) in [4.78, 5) is 0. The first-order valence-electron chi connectivity index (χ1n) is 13.5. The molecule has 0 aliphatic heterocycles. The van der Waals surface area contributed by atoms with E-state index >= 15 is 4.39 Å². The largest absolute Gasteiger partial charge is 0.493 e. The molecule has 0 heterocycles. The Labute approximate surface area is 228 Å². The van der Waals surface area contributed by atoms with Crippen LogP contribution >= 0.6 is 11.6 Å². The van der Waals surface area contributed by atoms with E-state index in [2.05, 4.69) is 6.92 Å². The fourth-order valence-corrected chi connectivity index (χ4v) is 4.82. The maximum atomic E-state index is 15.2. The molecule has 0 atom stereocenters. The van der Waals surface area contributed by atoms with Gasteiger partial charge in [0.25, 0.3) is 0 Å². The molecule has 0 N–H and O–H groups in total. The van der Waals surface area contributed by atoms with Crippen molar-refractivity contribution in [3.63, 3.8) is 0 Å². The number of unbranched alkanes of at least 4 members (excludes halogenated alkanes) is 4. The number of benzene rings is 4. The number of aryl methyl sites for hydroxylation is 4. The molecule has 4 aromatic rings. The van der Waals surface area contributed by atoms with Gasteiger partial charge in [-0.05, 0) is 77.9 Å². The number of hydrogen-bond donors (Lipinski definition) is 0. The summed E-state index contributed by atoms with van der Waals surface area (Å²) in [5.41, 5.74) is 3.02. The SMILES string of the molecule is CCCCCCCOc1ccc(CCc2ccc3c(F)c(CCc4ccc(Cl)c(F)c4)ccc3c2)c(F)c1. The van der Waals surface area contributed by atoms with Crippen LogP contribution < -0.4 is 4.74 Å². The van der Waals surface area contributed by atoms with Gasteiger partial charge in [0.05, 0.1) is 11.6 Å². The lowest BCUT2D eigenvalue weighted by Gasteiger charge is -2.10. The van der Waals surface area contributed by atoms with Crippen molar-refractivity contribution in [1.82, 2.24) is 0 Å². The van der Waals surface area contributed by atoms with Gasteiger partial charge in [0, 0.05) is 11.5 Å². The zero-order valence-electron chi connectivity index (χ0n) is 21.8. The smallest absolute Gasteiger partial charge is 0.142 e. The Bertz CT molecular complexity index is 1370. The van der Waals surface area contributed by atoms with E-state index < -0.39 is 5.82 Å². The summed E-state index contributed by atoms with van der Waals surface area (Å²) >= 11 is 5.75. The molecule has 0 aliphatic rings. The zero-order chi connectivity index (χ0) is 26.9. The minimum Gasteiger partial charge on any atom is -0.493 e. The second-order valence-electron chi connectivity index (χ2n) is 9.86. The van der Waals surface area contributed by atoms with Crippen LogP contribution in [-0.4, -0.2) is 6.61 Å². The third-order valence-electron chi connectivity index (χ3n) is 6.99. The van der Waals surface area contributed by atoms with Crippen molar-refractivity contribution in [2.75, 3.05) is 6.61 Å². The van der Waals surface area contributed by atoms with Gasteiger partial charge < -0.3 is 4.74 Å². The molecule has 0 bridgehead atoms. The molecule has 0 aliphatic carbocycles. The Kier molecular flexibility index (Phi) is 10.1. The summed E-state index contributed by atoms with van der Waals surface area (Å²) in [6.45, 7) is 2.80. The third-order valence-corrected chi connectivity index (χ3v) is 7.30. The molecule has 4 aromatic carbocycles. The molecular weight excluding hydrogens is 505 g/mol. The highest BCUT2D eigenvalue weighted by Gasteiger charge is 2.11. The van der Waals surface area contributed by atoms with E-state index in [1.165, 1.54) is 37.5 Å². The average Bonchev–Trinajstić information content (AvgIpc) is 2.91. The van der Waals surface area contributed by atoms with Crippen molar-refractivity contribution in [1.29, 1.82) is 0 Å². The summed E-state index contributed by atoms with van der Waals surface area (Å²) < 4.78 is 49.3. The lowest BCUT2D eigenvalue weighted by molar-refractivity contribution is 0.303. The summed E-state index contributed by atoms with van der Waals surface area (Å²) in [6, 6.07) is 19.1. The molecule has 0 aromatic heterocycles. The van der Waals surface area contributed by atoms with Gasteiger partial charge in [0.1, 0.15) is 23.2 Å². The van der Waals surface area contributed by atoms with Crippen LogP contribution in [0.2, 0.25) is 5.02 Å². The first-order valence-corrected chi connectivity index (χ1v) is 13.9. The van der Waals surface area contributed by atoms with Gasteiger partial charge in [-0.3, -0.25) is 0 Å². The normalized spacial score (nSPS) is 11.3. The second-order valence-corrected chi connectivity index (χ2v) is 10.3. The summed E-state index contributed by atoms with van der Waals surface area (Å²) in [5.74, 6) is -0.408. The molecule has 4 rings (SSSR count). The highest BCUT2D eigenvalue weighted by molar-refractivity contribution is 6.30. The van der Waals surface area contributed by atoms with Crippen molar-refractivity contribution in [2.45, 2.75) is 64.7 Å². The van der Waals surface area contributed by atoms with E-state index in [4.69, 9.17) is 16.3 Å². The average molecular weight is 539 g/mol. The van der Waals surface area contributed by atoms with Crippen LogP contribution in [0.25, 0.3) is 10.8 Å². The Morgan fingerprint density at radius 1 is 0.658 bits per heavy atom. The molecule has 1 nitrogen and oxygen atoms in total. The number of hydrogen-bond acceptors (Lipinski definition) is 1. The lowest BCUT2D eigenvalue weighted by atomic mass is 9.97. The standard InChI is InChI=1S/C33H34ClF3O/c1-2-3-4-5-6-19-38-28-16-15-25(31(35)22-28)11-7-23-9-17-29-27(20-23)14-13-26(33(29)37)12-8-24-10-18-30(34)32(36)21-24/h9-10,13-18,20-22H,2-8,11-12,19H2,1H3. The minimum atomic E-state index is -0.465. The van der Waals surface area contributed by atoms with Gasteiger partial charge in [0.15, 0.2) is 0 Å². The number of fused-ring (bicyclic) bond motifs is 1. The maximum absolute atomic E-state index is 15.2. The van der Waals surface area contributed by atoms with Crippen molar-refractivity contribution >= 4 is 22.4 Å². The minimum absolute atomic E-state index is 0.0821. The molecule has 0 saturated heterocycles. The van der Waals surface area contributed by atoms with Gasteiger partial charge in [-0.2, -0.15) is 0 Å². The molecule has 0 spiro atoms. The van der Waals surface area contributed by atoms with Crippen LogP contribution in [0.1, 0.15) is 61.3 Å². The monoisotopic (exact) mass is 538 g/mol. The fraction of sp³-hybridized carbons (Fsp3) is 0.333. The summed E-state index contributed by atoms with van der Waals surface area (Å²) in [5, 5.41) is 1.44. The first-order chi connectivity index (χ1) is 18.4. The third kappa shape index (κ3) is 7.54. The Hall–Kier alpha value is -2.98. The van der Waals surface area contributed by atoms with E-state index in [1.54, 1.807) is 24.3 Å². The molecule has 38 heavy (non-hydrogen) atoms. The van der Waals surface area contributed by atoms with Crippen LogP contribution in [0.5, 0.6) is 5.75 Å². The topological polar surface area (TPSA) is 9.23 Å². The van der Waals surface area contributed by atoms with Gasteiger partial charge in [0.2, 0.25) is 0 Å². The van der Waals surface area contributed by atoms with Crippen molar-refractivity contribution < 1.29 is 17.9 Å². The number of halogens is 4. The Balaban J connectivity index is 1.33. The lowest BCUT2D eigenvalue weighted by Crippen LogP contribution is -2.00. The first kappa shape index (κ1) is 28.0. The fourth-order valence-electron chi connectivity index (χ4n) is 4.70. The highest BCUT2D eigenvalue weighted by atomic mass is 35.5. The van der Waals surface area contributed by atoms with E-state index in [-0.39, 0.29) is 16.7 Å². The Morgan fingerprint density at radius 3 is 2.13 bits per heavy atom. The van der Waals surface area contributed by atoms with Crippen molar-refractivity contribution in [2.24, 2.45) is 0 Å². The van der Waals surface area contributed by atoms with Crippen LogP contribution in [0.3, 0.4) is 0 Å². The van der Waals surface area contributed by atoms with Crippen LogP contribution in [0, 0.1) is 17.5 Å². The Morgan fingerprint density at radius 2 is 1.37 bits per heavy atom. The molecule has 0 amide bonds. The summed E-state index contributed by atoms with van der Waals surface area (Å²) in [6.07, 6.45) is 7.95. The second kappa shape index (κ2) is 13.7. The van der Waals surface area contributed by atoms with Crippen molar-refractivity contribution in [3.8, 4) is 5.75 Å². The van der Waals surface area contributed by atoms with Crippen LogP contribution in [0.4, 0.5) is 13.2 Å². The molecule has 0 saturated carbocycles. The predicted octanol–water partition coefficient (Wildman–Crippen LogP) is 9.83. The van der Waals surface area contributed by atoms with E-state index in [9.17, 15) is 8.78 Å². The van der Waals surface area contributed by atoms with Gasteiger partial charge in [-0.15, -0.1) is 0 Å². The predicted molar refractivity (Wildman–Crippen MR) is 151 cm³/mol. The molecule has 0 radical (unpaired) electrons. The zero-order valence-corrected chi connectivity index (χ0v) is 22.6. The molecular formula is C33H34ClF3O. The maximum Gasteiger partial charge on any atom is 0.142 e. The molecule has 0 fully saturated rings. The van der Waals surface area contributed by atoms with Crippen LogP contribution in [0.15, 0.2) is 66.7 Å². The molecule has 0 unspecified atom stereocenters. The highest BCUT2D eigenvalue weighted by Crippen LogP contribution is 2.26. The van der Waals surface area contributed by atoms with E-state index in [1.807, 2.05) is 24.3 Å². The van der Waals surface area contributed by atoms with E-state index in [0.29, 0.717) is 54.6 Å². The van der Waals surface area contributed by atoms with Gasteiger partial charge in [-0.1, -0.05) is 86.7 Å². The number of ether oxygens (including phenoxy) is 1.